The number of hydrogen-bond acceptors (Lipinski definition) is 7. The van der Waals surface area contributed by atoms with Crippen molar-refractivity contribution < 1.29 is 23.9 Å². The highest BCUT2D eigenvalue weighted by atomic mass is 16.5. The highest BCUT2D eigenvalue weighted by Crippen LogP contribution is 2.13. The summed E-state index contributed by atoms with van der Waals surface area (Å²) < 4.78 is 9.72. The van der Waals surface area contributed by atoms with Crippen molar-refractivity contribution in [3.8, 4) is 5.75 Å². The molecule has 29 heavy (non-hydrogen) atoms. The molecule has 0 saturated heterocycles. The molecule has 2 rings (SSSR count). The zero-order valence-corrected chi connectivity index (χ0v) is 16.7. The number of allylic oxidation sites excluding steroid dienone is 1. The molecule has 1 amide bonds. The molecule has 0 atom stereocenters. The Labute approximate surface area is 169 Å². The smallest absolute Gasteiger partial charge is 0.356 e. The van der Waals surface area contributed by atoms with E-state index in [0.717, 1.165) is 11.8 Å². The van der Waals surface area contributed by atoms with Crippen molar-refractivity contribution in [1.29, 1.82) is 0 Å². The number of amides is 1. The van der Waals surface area contributed by atoms with E-state index in [0.29, 0.717) is 16.9 Å². The van der Waals surface area contributed by atoms with Gasteiger partial charge in [0, 0.05) is 37.0 Å². The number of carbonyl (C=O) groups excluding carboxylic acids is 3. The van der Waals surface area contributed by atoms with Gasteiger partial charge in [-0.05, 0) is 48.5 Å². The second kappa shape index (κ2) is 9.93. The van der Waals surface area contributed by atoms with Crippen LogP contribution in [-0.4, -0.2) is 46.0 Å². The Morgan fingerprint density at radius 2 is 1.45 bits per heavy atom. The van der Waals surface area contributed by atoms with Crippen LogP contribution in [0.15, 0.2) is 60.3 Å². The monoisotopic (exact) mass is 397 g/mol. The van der Waals surface area contributed by atoms with Gasteiger partial charge in [0.1, 0.15) is 11.4 Å². The molecule has 0 unspecified atom stereocenters. The summed E-state index contributed by atoms with van der Waals surface area (Å²) in [6, 6.07) is 13.3. The molecule has 152 valence electrons. The van der Waals surface area contributed by atoms with E-state index in [1.807, 2.05) is 19.0 Å². The van der Waals surface area contributed by atoms with E-state index in [1.165, 1.54) is 14.2 Å². The lowest BCUT2D eigenvalue weighted by Crippen LogP contribution is -2.39. The summed E-state index contributed by atoms with van der Waals surface area (Å²) in [4.78, 5) is 38.6. The van der Waals surface area contributed by atoms with E-state index >= 15 is 0 Å². The number of benzene rings is 2. The number of nitrogens with one attached hydrogen (secondary N) is 2. The summed E-state index contributed by atoms with van der Waals surface area (Å²) >= 11 is 0. The first kappa shape index (κ1) is 21.5. The minimum absolute atomic E-state index is 0.202. The number of hydrogen-bond donors (Lipinski definition) is 2. The molecule has 0 saturated carbocycles. The van der Waals surface area contributed by atoms with Crippen molar-refractivity contribution in [2.24, 2.45) is 0 Å². The van der Waals surface area contributed by atoms with Gasteiger partial charge < -0.3 is 14.4 Å². The molecular formula is C21H23N3O5. The Bertz CT molecular complexity index is 903. The zero-order valence-electron chi connectivity index (χ0n) is 16.7. The molecule has 0 spiro atoms. The van der Waals surface area contributed by atoms with Crippen molar-refractivity contribution in [3.05, 3.63) is 71.4 Å². The lowest BCUT2D eigenvalue weighted by atomic mass is 10.1. The van der Waals surface area contributed by atoms with Crippen LogP contribution >= 0.6 is 0 Å². The van der Waals surface area contributed by atoms with E-state index in [2.05, 4.69) is 15.6 Å². The Morgan fingerprint density at radius 1 is 0.862 bits per heavy atom. The van der Waals surface area contributed by atoms with Crippen LogP contribution in [0, 0.1) is 0 Å². The van der Waals surface area contributed by atoms with Gasteiger partial charge in [-0.3, -0.25) is 20.4 Å². The van der Waals surface area contributed by atoms with Crippen LogP contribution in [0.3, 0.4) is 0 Å². The molecule has 0 aromatic heterocycles. The molecule has 0 fully saturated rings. The van der Waals surface area contributed by atoms with Crippen molar-refractivity contribution >= 4 is 23.3 Å². The van der Waals surface area contributed by atoms with E-state index < -0.39 is 17.7 Å². The first-order chi connectivity index (χ1) is 13.8. The Balaban J connectivity index is 2.11. The standard InChI is InChI=1S/C21H23N3O5/c1-24(2)16-9-5-15(6-10-16)20(26)23-22-18(21(27)29-4)13-19(25)14-7-11-17(28-3)12-8-14/h5-13,22H,1-4H3,(H,23,26). The summed E-state index contributed by atoms with van der Waals surface area (Å²) in [5.41, 5.74) is 6.32. The third-order valence-electron chi connectivity index (χ3n) is 4.01. The maximum absolute atomic E-state index is 12.4. The molecule has 0 bridgehead atoms. The first-order valence-electron chi connectivity index (χ1n) is 8.68. The third-order valence-corrected chi connectivity index (χ3v) is 4.01. The van der Waals surface area contributed by atoms with E-state index in [4.69, 9.17) is 4.74 Å². The van der Waals surface area contributed by atoms with E-state index in [9.17, 15) is 14.4 Å². The number of carbonyl (C=O) groups is 3. The van der Waals surface area contributed by atoms with Gasteiger partial charge in [0.05, 0.1) is 14.2 Å². The normalized spacial score (nSPS) is 10.7. The Morgan fingerprint density at radius 3 is 1.97 bits per heavy atom. The van der Waals surface area contributed by atoms with Gasteiger partial charge in [-0.1, -0.05) is 0 Å². The van der Waals surface area contributed by atoms with E-state index in [1.54, 1.807) is 48.5 Å². The molecular weight excluding hydrogens is 374 g/mol. The average molecular weight is 397 g/mol. The van der Waals surface area contributed by atoms with Gasteiger partial charge in [-0.2, -0.15) is 0 Å². The van der Waals surface area contributed by atoms with Crippen molar-refractivity contribution in [2.75, 3.05) is 33.2 Å². The summed E-state index contributed by atoms with van der Waals surface area (Å²) in [6.07, 6.45) is 1.06. The van der Waals surface area contributed by atoms with Crippen LogP contribution < -0.4 is 20.5 Å². The Kier molecular flexibility index (Phi) is 7.36. The Hall–Kier alpha value is -3.81. The second-order valence-corrected chi connectivity index (χ2v) is 6.16. The van der Waals surface area contributed by atoms with Crippen molar-refractivity contribution in [2.45, 2.75) is 0 Å². The lowest BCUT2D eigenvalue weighted by molar-refractivity contribution is -0.136. The number of rotatable bonds is 8. The van der Waals surface area contributed by atoms with Gasteiger partial charge in [0.15, 0.2) is 5.78 Å². The van der Waals surface area contributed by atoms with Gasteiger partial charge in [-0.25, -0.2) is 4.79 Å². The maximum Gasteiger partial charge on any atom is 0.356 e. The fraction of sp³-hybridized carbons (Fsp3) is 0.190. The highest BCUT2D eigenvalue weighted by Gasteiger charge is 2.15. The SMILES string of the molecule is COC(=O)C(=CC(=O)c1ccc(OC)cc1)NNC(=O)c1ccc(N(C)C)cc1. The van der Waals surface area contributed by atoms with Gasteiger partial charge in [0.2, 0.25) is 0 Å². The predicted molar refractivity (Wildman–Crippen MR) is 109 cm³/mol. The van der Waals surface area contributed by atoms with Crippen molar-refractivity contribution in [1.82, 2.24) is 10.9 Å². The van der Waals surface area contributed by atoms with Crippen LogP contribution in [0.2, 0.25) is 0 Å². The number of methoxy groups -OCH3 is 2. The number of hydrazine groups is 1. The summed E-state index contributed by atoms with van der Waals surface area (Å²) in [5.74, 6) is -1.10. The molecule has 2 aromatic rings. The second-order valence-electron chi connectivity index (χ2n) is 6.16. The van der Waals surface area contributed by atoms with E-state index in [-0.39, 0.29) is 5.70 Å². The summed E-state index contributed by atoms with van der Waals surface area (Å²) in [6.45, 7) is 0. The van der Waals surface area contributed by atoms with Gasteiger partial charge in [0.25, 0.3) is 5.91 Å². The number of anilines is 1. The maximum atomic E-state index is 12.4. The third kappa shape index (κ3) is 5.83. The molecule has 2 aromatic carbocycles. The molecule has 0 aliphatic rings. The van der Waals surface area contributed by atoms with Gasteiger partial charge in [-0.15, -0.1) is 0 Å². The number of esters is 1. The number of nitrogens with zero attached hydrogens (tertiary/aromatic N) is 1. The minimum Gasteiger partial charge on any atom is -0.497 e. The van der Waals surface area contributed by atoms with Crippen molar-refractivity contribution in [3.63, 3.8) is 0 Å². The fourth-order valence-electron chi connectivity index (χ4n) is 2.33. The van der Waals surface area contributed by atoms with Crippen LogP contribution in [0.4, 0.5) is 5.69 Å². The molecule has 0 aliphatic carbocycles. The molecule has 8 nitrogen and oxygen atoms in total. The molecule has 8 heteroatoms. The number of ketones is 1. The molecule has 0 aliphatic heterocycles. The first-order valence-corrected chi connectivity index (χ1v) is 8.68. The number of ether oxygens (including phenoxy) is 2. The average Bonchev–Trinajstić information content (AvgIpc) is 2.75. The summed E-state index contributed by atoms with van der Waals surface area (Å²) in [5, 5.41) is 0. The van der Waals surface area contributed by atoms with Gasteiger partial charge >= 0.3 is 5.97 Å². The van der Waals surface area contributed by atoms with Crippen LogP contribution in [0.1, 0.15) is 20.7 Å². The van der Waals surface area contributed by atoms with Crippen LogP contribution in [0.25, 0.3) is 0 Å². The molecule has 0 radical (unpaired) electrons. The molecule has 0 heterocycles. The highest BCUT2D eigenvalue weighted by molar-refractivity contribution is 6.08. The van der Waals surface area contributed by atoms with Crippen LogP contribution in [0.5, 0.6) is 5.75 Å². The largest absolute Gasteiger partial charge is 0.497 e. The summed E-state index contributed by atoms with van der Waals surface area (Å²) in [7, 11) is 6.48. The predicted octanol–water partition coefficient (Wildman–Crippen LogP) is 1.94. The van der Waals surface area contributed by atoms with Crippen LogP contribution in [-0.2, 0) is 9.53 Å². The zero-order chi connectivity index (χ0) is 21.4. The minimum atomic E-state index is -0.796. The topological polar surface area (TPSA) is 97.0 Å². The lowest BCUT2D eigenvalue weighted by Gasteiger charge is -2.13. The molecule has 2 N–H and O–H groups in total. The quantitative estimate of drug-likeness (QED) is 0.304. The fourth-order valence-corrected chi connectivity index (χ4v) is 2.33.